The van der Waals surface area contributed by atoms with Gasteiger partial charge in [-0.2, -0.15) is 13.2 Å². The average molecular weight is 674 g/mol. The largest absolute Gasteiger partial charge is 0.496 e. The van der Waals surface area contributed by atoms with Gasteiger partial charge in [-0.15, -0.1) is 0 Å². The molecule has 8 nitrogen and oxygen atoms in total. The lowest BCUT2D eigenvalue weighted by molar-refractivity contribution is -0.137. The Bertz CT molecular complexity index is 2250. The summed E-state index contributed by atoms with van der Waals surface area (Å²) < 4.78 is 58.6. The number of rotatable bonds is 8. The van der Waals surface area contributed by atoms with Gasteiger partial charge >= 0.3 is 6.18 Å². The van der Waals surface area contributed by atoms with Crippen LogP contribution in [0.15, 0.2) is 104 Å². The van der Waals surface area contributed by atoms with E-state index in [2.05, 4.69) is 10.3 Å². The van der Waals surface area contributed by atoms with E-state index in [-0.39, 0.29) is 23.5 Å². The molecule has 0 spiro atoms. The molecule has 48 heavy (non-hydrogen) atoms. The highest BCUT2D eigenvalue weighted by Crippen LogP contribution is 2.33. The number of carbonyl (C=O) groups is 1. The van der Waals surface area contributed by atoms with Gasteiger partial charge in [-0.05, 0) is 86.5 Å². The summed E-state index contributed by atoms with van der Waals surface area (Å²) in [4.78, 5) is 32.9. The van der Waals surface area contributed by atoms with E-state index < -0.39 is 23.7 Å². The molecule has 246 valence electrons. The van der Waals surface area contributed by atoms with Crippen molar-refractivity contribution < 1.29 is 31.9 Å². The van der Waals surface area contributed by atoms with Crippen LogP contribution >= 0.6 is 11.3 Å². The zero-order valence-electron chi connectivity index (χ0n) is 26.3. The zero-order valence-corrected chi connectivity index (χ0v) is 27.2. The second-order valence-electron chi connectivity index (χ2n) is 11.2. The number of carbonyl (C=O) groups excluding carboxylic acids is 1. The molecule has 0 radical (unpaired) electrons. The third kappa shape index (κ3) is 6.56. The SMILES string of the molecule is COc1ccc(/C=c2/sc3n(c2=O)[C@@H](c2ccc(C)o2)C(C(=O)Nc2ccccc2C)=C(C)N=3)cc1COc1cccc(C(F)(F)F)c1. The smallest absolute Gasteiger partial charge is 0.416 e. The molecule has 0 bridgehead atoms. The molecule has 0 aliphatic carbocycles. The highest BCUT2D eigenvalue weighted by Gasteiger charge is 2.35. The van der Waals surface area contributed by atoms with Crippen LogP contribution in [0.4, 0.5) is 18.9 Å². The maximum Gasteiger partial charge on any atom is 0.416 e. The molecule has 1 atom stereocenters. The quantitative estimate of drug-likeness (QED) is 0.198. The summed E-state index contributed by atoms with van der Waals surface area (Å²) in [6.45, 7) is 5.33. The van der Waals surface area contributed by atoms with Crippen LogP contribution in [-0.2, 0) is 17.6 Å². The average Bonchev–Trinajstić information content (AvgIpc) is 3.62. The van der Waals surface area contributed by atoms with Crippen LogP contribution in [0.3, 0.4) is 0 Å². The van der Waals surface area contributed by atoms with Gasteiger partial charge in [-0.25, -0.2) is 4.99 Å². The number of ether oxygens (including phenoxy) is 2. The molecule has 0 saturated heterocycles. The molecule has 1 N–H and O–H groups in total. The van der Waals surface area contributed by atoms with E-state index >= 15 is 0 Å². The van der Waals surface area contributed by atoms with Gasteiger partial charge in [-0.3, -0.25) is 14.2 Å². The number of amides is 1. The van der Waals surface area contributed by atoms with Crippen LogP contribution in [-0.4, -0.2) is 17.6 Å². The first kappa shape index (κ1) is 32.6. The van der Waals surface area contributed by atoms with Gasteiger partial charge in [0, 0.05) is 11.3 Å². The normalized spacial score (nSPS) is 14.8. The number of aromatic nitrogens is 1. The van der Waals surface area contributed by atoms with Crippen LogP contribution in [0.2, 0.25) is 0 Å². The van der Waals surface area contributed by atoms with Crippen LogP contribution in [0.25, 0.3) is 6.08 Å². The number of nitrogens with one attached hydrogen (secondary N) is 1. The van der Waals surface area contributed by atoms with Crippen molar-refractivity contribution in [2.45, 2.75) is 39.6 Å². The van der Waals surface area contributed by atoms with Crippen molar-refractivity contribution >= 4 is 29.0 Å². The monoisotopic (exact) mass is 673 g/mol. The molecule has 0 unspecified atom stereocenters. The summed E-state index contributed by atoms with van der Waals surface area (Å²) >= 11 is 1.17. The predicted molar refractivity (Wildman–Crippen MR) is 176 cm³/mol. The van der Waals surface area contributed by atoms with Crippen LogP contribution in [0.1, 0.15) is 46.7 Å². The number of anilines is 1. The Hall–Kier alpha value is -5.36. The Labute approximate surface area is 277 Å². The van der Waals surface area contributed by atoms with Gasteiger partial charge in [0.05, 0.1) is 28.5 Å². The van der Waals surface area contributed by atoms with Crippen molar-refractivity contribution in [3.05, 3.63) is 144 Å². The van der Waals surface area contributed by atoms with Gasteiger partial charge in [0.2, 0.25) is 0 Å². The molecule has 2 aromatic heterocycles. The zero-order chi connectivity index (χ0) is 34.2. The second kappa shape index (κ2) is 13.0. The van der Waals surface area contributed by atoms with Crippen molar-refractivity contribution in [1.82, 2.24) is 4.57 Å². The third-order valence-electron chi connectivity index (χ3n) is 7.85. The highest BCUT2D eigenvalue weighted by atomic mass is 32.1. The summed E-state index contributed by atoms with van der Waals surface area (Å²) in [5.74, 6) is 1.16. The molecule has 1 aliphatic heterocycles. The van der Waals surface area contributed by atoms with E-state index in [0.717, 1.165) is 17.7 Å². The summed E-state index contributed by atoms with van der Waals surface area (Å²) in [5.41, 5.74) is 2.26. The van der Waals surface area contributed by atoms with Crippen molar-refractivity contribution in [2.75, 3.05) is 12.4 Å². The van der Waals surface area contributed by atoms with Crippen molar-refractivity contribution in [2.24, 2.45) is 4.99 Å². The minimum absolute atomic E-state index is 0.0522. The van der Waals surface area contributed by atoms with E-state index in [4.69, 9.17) is 13.9 Å². The number of fused-ring (bicyclic) bond motifs is 1. The van der Waals surface area contributed by atoms with Gasteiger partial charge in [0.15, 0.2) is 4.80 Å². The molecule has 0 saturated carbocycles. The first-order valence-electron chi connectivity index (χ1n) is 14.9. The molecule has 1 aliphatic rings. The number of methoxy groups -OCH3 is 1. The fourth-order valence-corrected chi connectivity index (χ4v) is 6.51. The van der Waals surface area contributed by atoms with Crippen molar-refractivity contribution in [1.29, 1.82) is 0 Å². The lowest BCUT2D eigenvalue weighted by atomic mass is 10.00. The summed E-state index contributed by atoms with van der Waals surface area (Å²) in [6.07, 6.45) is -2.81. The number of halogens is 3. The minimum atomic E-state index is -4.50. The number of hydrogen-bond acceptors (Lipinski definition) is 7. The lowest BCUT2D eigenvalue weighted by Gasteiger charge is -2.23. The number of nitrogens with zero attached hydrogens (tertiary/aromatic N) is 2. The topological polar surface area (TPSA) is 95.1 Å². The first-order chi connectivity index (χ1) is 22.9. The number of para-hydroxylation sites is 1. The molecular formula is C36H30F3N3O5S. The Kier molecular flexibility index (Phi) is 8.85. The van der Waals surface area contributed by atoms with Gasteiger partial charge in [0.25, 0.3) is 11.5 Å². The molecule has 5 aromatic rings. The Morgan fingerprint density at radius 1 is 1.04 bits per heavy atom. The van der Waals surface area contributed by atoms with Crippen LogP contribution in [0, 0.1) is 13.8 Å². The number of thiazole rings is 1. The minimum Gasteiger partial charge on any atom is -0.496 e. The molecule has 6 rings (SSSR count). The number of hydrogen-bond donors (Lipinski definition) is 1. The lowest BCUT2D eigenvalue weighted by Crippen LogP contribution is -2.40. The fraction of sp³-hybridized carbons (Fsp3) is 0.194. The Morgan fingerprint density at radius 3 is 2.54 bits per heavy atom. The third-order valence-corrected chi connectivity index (χ3v) is 8.83. The summed E-state index contributed by atoms with van der Waals surface area (Å²) in [6, 6.07) is 19.9. The molecular weight excluding hydrogens is 643 g/mol. The van der Waals surface area contributed by atoms with E-state index in [1.54, 1.807) is 56.3 Å². The van der Waals surface area contributed by atoms with Crippen molar-refractivity contribution in [3.63, 3.8) is 0 Å². The van der Waals surface area contributed by atoms with E-state index in [0.29, 0.717) is 49.1 Å². The Balaban J connectivity index is 1.37. The first-order valence-corrected chi connectivity index (χ1v) is 15.7. The van der Waals surface area contributed by atoms with Gasteiger partial charge in [0.1, 0.15) is 35.7 Å². The number of alkyl halides is 3. The molecule has 0 fully saturated rings. The van der Waals surface area contributed by atoms with Crippen molar-refractivity contribution in [3.8, 4) is 11.5 Å². The maximum atomic E-state index is 14.1. The fourth-order valence-electron chi connectivity index (χ4n) is 5.46. The summed E-state index contributed by atoms with van der Waals surface area (Å²) in [7, 11) is 1.48. The molecule has 12 heteroatoms. The van der Waals surface area contributed by atoms with Gasteiger partial charge in [-0.1, -0.05) is 41.7 Å². The van der Waals surface area contributed by atoms with E-state index in [1.807, 2.05) is 25.1 Å². The molecule has 1 amide bonds. The number of aryl methyl sites for hydroxylation is 2. The number of allylic oxidation sites excluding steroid dienone is 1. The molecule has 3 aromatic carbocycles. The van der Waals surface area contributed by atoms with Gasteiger partial charge < -0.3 is 19.2 Å². The Morgan fingerprint density at radius 2 is 1.83 bits per heavy atom. The number of benzene rings is 3. The highest BCUT2D eigenvalue weighted by molar-refractivity contribution is 7.07. The van der Waals surface area contributed by atoms with Crippen LogP contribution in [0.5, 0.6) is 11.5 Å². The number of furan rings is 1. The molecule has 3 heterocycles. The summed E-state index contributed by atoms with van der Waals surface area (Å²) in [5, 5.41) is 2.97. The standard InChI is InChI=1S/C36H30F3N3O5S/c1-20-8-5-6-11-27(20)41-33(43)31-22(3)40-35-42(32(31)29-14-12-21(2)47-29)34(44)30(48-35)17-23-13-15-28(45-4)24(16-23)19-46-26-10-7-9-25(18-26)36(37,38)39/h5-18,32H,19H2,1-4H3,(H,41,43)/b30-17+/t32-/m0/s1. The van der Waals surface area contributed by atoms with Crippen LogP contribution < -0.4 is 29.7 Å². The maximum absolute atomic E-state index is 14.1. The van der Waals surface area contributed by atoms with E-state index in [9.17, 15) is 22.8 Å². The predicted octanol–water partition coefficient (Wildman–Crippen LogP) is 6.69. The van der Waals surface area contributed by atoms with E-state index in [1.165, 1.54) is 35.1 Å². The second-order valence-corrected chi connectivity index (χ2v) is 12.2.